The van der Waals surface area contributed by atoms with E-state index in [2.05, 4.69) is 20.3 Å². The van der Waals surface area contributed by atoms with Crippen LogP contribution in [0.3, 0.4) is 0 Å². The topological polar surface area (TPSA) is 62.5 Å². The van der Waals surface area contributed by atoms with E-state index in [1.165, 1.54) is 22.3 Å². The van der Waals surface area contributed by atoms with Crippen LogP contribution in [0.25, 0.3) is 4.96 Å². The van der Waals surface area contributed by atoms with E-state index in [0.717, 1.165) is 31.9 Å². The molecule has 1 fully saturated rings. The average molecular weight is 279 g/mol. The van der Waals surface area contributed by atoms with Gasteiger partial charge in [0.05, 0.1) is 5.69 Å². The summed E-state index contributed by atoms with van der Waals surface area (Å²) in [5.41, 5.74) is 2.40. The normalized spacial score (nSPS) is 20.4. The molecule has 1 aliphatic heterocycles. The van der Waals surface area contributed by atoms with Gasteiger partial charge in [0.2, 0.25) is 4.96 Å². The molecule has 1 aliphatic rings. The van der Waals surface area contributed by atoms with Crippen LogP contribution in [-0.2, 0) is 6.54 Å². The summed E-state index contributed by atoms with van der Waals surface area (Å²) in [4.78, 5) is 19.4. The highest BCUT2D eigenvalue weighted by molar-refractivity contribution is 7.14. The molecular weight excluding hydrogens is 262 g/mol. The van der Waals surface area contributed by atoms with E-state index >= 15 is 0 Å². The molecule has 0 aromatic carbocycles. The molecule has 0 spiro atoms. The van der Waals surface area contributed by atoms with Gasteiger partial charge in [-0.1, -0.05) is 11.3 Å². The van der Waals surface area contributed by atoms with Crippen LogP contribution in [0.2, 0.25) is 0 Å². The summed E-state index contributed by atoms with van der Waals surface area (Å²) in [5.74, 6) is 0.707. The number of nitrogens with one attached hydrogen (secondary N) is 1. The summed E-state index contributed by atoms with van der Waals surface area (Å²) >= 11 is 1.39. The van der Waals surface area contributed by atoms with Crippen molar-refractivity contribution in [2.45, 2.75) is 13.0 Å². The number of aromatic nitrogens is 3. The van der Waals surface area contributed by atoms with Gasteiger partial charge in [0, 0.05) is 19.2 Å². The zero-order chi connectivity index (χ0) is 13.2. The van der Waals surface area contributed by atoms with E-state index in [9.17, 15) is 4.79 Å². The minimum Gasteiger partial charge on any atom is -0.319 e. The fourth-order valence-electron chi connectivity index (χ4n) is 2.62. The third-order valence-electron chi connectivity index (χ3n) is 3.49. The van der Waals surface area contributed by atoms with Crippen LogP contribution < -0.4 is 10.9 Å². The second-order valence-corrected chi connectivity index (χ2v) is 5.78. The summed E-state index contributed by atoms with van der Waals surface area (Å²) in [6.07, 6.45) is 1.21. The average Bonchev–Trinajstić information content (AvgIpc) is 2.99. The molecular formula is C12H17N5OS. The molecule has 2 aromatic heterocycles. The van der Waals surface area contributed by atoms with E-state index in [-0.39, 0.29) is 5.56 Å². The Morgan fingerprint density at radius 2 is 2.47 bits per heavy atom. The van der Waals surface area contributed by atoms with Crippen molar-refractivity contribution in [3.63, 3.8) is 0 Å². The predicted molar refractivity (Wildman–Crippen MR) is 74.4 cm³/mol. The Bertz CT molecular complexity index is 622. The largest absolute Gasteiger partial charge is 0.319 e. The lowest BCUT2D eigenvalue weighted by atomic mass is 10.1. The Hall–Kier alpha value is -1.31. The Kier molecular flexibility index (Phi) is 3.58. The zero-order valence-corrected chi connectivity index (χ0v) is 11.7. The maximum absolute atomic E-state index is 11.8. The standard InChI is InChI=1S/C12H17N5OS/c1-13-5-9-2-3-16(6-9)7-10-4-11(18)17-12(15-10)19-8-14-17/h4,8-9,13H,2-3,5-7H2,1H3. The van der Waals surface area contributed by atoms with Crippen LogP contribution in [0.5, 0.6) is 0 Å². The van der Waals surface area contributed by atoms with Gasteiger partial charge in [-0.3, -0.25) is 9.69 Å². The maximum atomic E-state index is 11.8. The molecule has 0 saturated carbocycles. The van der Waals surface area contributed by atoms with E-state index in [1.54, 1.807) is 11.6 Å². The summed E-state index contributed by atoms with van der Waals surface area (Å²) in [6.45, 7) is 3.96. The minimum atomic E-state index is -0.0905. The van der Waals surface area contributed by atoms with Crippen molar-refractivity contribution in [2.75, 3.05) is 26.7 Å². The number of fused-ring (bicyclic) bond motifs is 1. The zero-order valence-electron chi connectivity index (χ0n) is 10.9. The molecule has 1 N–H and O–H groups in total. The molecule has 1 unspecified atom stereocenters. The number of hydrogen-bond donors (Lipinski definition) is 1. The number of rotatable bonds is 4. The molecule has 0 amide bonds. The highest BCUT2D eigenvalue weighted by Crippen LogP contribution is 2.17. The van der Waals surface area contributed by atoms with Gasteiger partial charge >= 0.3 is 0 Å². The summed E-state index contributed by atoms with van der Waals surface area (Å²) in [5, 5.41) is 7.19. The lowest BCUT2D eigenvalue weighted by molar-refractivity contribution is 0.311. The molecule has 3 rings (SSSR count). The van der Waals surface area contributed by atoms with Crippen molar-refractivity contribution in [3.8, 4) is 0 Å². The first-order valence-electron chi connectivity index (χ1n) is 6.45. The number of nitrogens with zero attached hydrogens (tertiary/aromatic N) is 4. The third-order valence-corrected chi connectivity index (χ3v) is 4.16. The van der Waals surface area contributed by atoms with Crippen LogP contribution in [0.15, 0.2) is 16.4 Å². The van der Waals surface area contributed by atoms with Gasteiger partial charge in [0.25, 0.3) is 5.56 Å². The molecule has 19 heavy (non-hydrogen) atoms. The molecule has 0 bridgehead atoms. The van der Waals surface area contributed by atoms with Crippen LogP contribution in [0.4, 0.5) is 0 Å². The lowest BCUT2D eigenvalue weighted by Gasteiger charge is -2.15. The second-order valence-electron chi connectivity index (χ2n) is 4.97. The molecule has 0 radical (unpaired) electrons. The SMILES string of the molecule is CNCC1CCN(Cc2cc(=O)n3ncsc3n2)C1. The summed E-state index contributed by atoms with van der Waals surface area (Å²) in [6, 6.07) is 1.60. The van der Waals surface area contributed by atoms with Crippen molar-refractivity contribution in [3.05, 3.63) is 27.6 Å². The second kappa shape index (κ2) is 5.36. The quantitative estimate of drug-likeness (QED) is 0.866. The molecule has 2 aromatic rings. The van der Waals surface area contributed by atoms with E-state index in [1.807, 2.05) is 7.05 Å². The van der Waals surface area contributed by atoms with Crippen LogP contribution >= 0.6 is 11.3 Å². The molecule has 7 heteroatoms. The molecule has 1 atom stereocenters. The van der Waals surface area contributed by atoms with Gasteiger partial charge in [-0.15, -0.1) is 0 Å². The van der Waals surface area contributed by atoms with E-state index < -0.39 is 0 Å². The Morgan fingerprint density at radius 3 is 3.32 bits per heavy atom. The summed E-state index contributed by atoms with van der Waals surface area (Å²) < 4.78 is 1.35. The first-order chi connectivity index (χ1) is 9.26. The first kappa shape index (κ1) is 12.7. The van der Waals surface area contributed by atoms with Gasteiger partial charge in [-0.2, -0.15) is 9.61 Å². The Labute approximate surface area is 115 Å². The lowest BCUT2D eigenvalue weighted by Crippen LogP contribution is -2.25. The van der Waals surface area contributed by atoms with Crippen molar-refractivity contribution in [1.29, 1.82) is 0 Å². The van der Waals surface area contributed by atoms with E-state index in [4.69, 9.17) is 0 Å². The fraction of sp³-hybridized carbons (Fsp3) is 0.583. The minimum absolute atomic E-state index is 0.0905. The van der Waals surface area contributed by atoms with Crippen molar-refractivity contribution >= 4 is 16.3 Å². The third kappa shape index (κ3) is 2.68. The van der Waals surface area contributed by atoms with Gasteiger partial charge in [0.15, 0.2) is 0 Å². The first-order valence-corrected chi connectivity index (χ1v) is 7.33. The van der Waals surface area contributed by atoms with Gasteiger partial charge in [-0.25, -0.2) is 4.98 Å². The predicted octanol–water partition coefficient (Wildman–Crippen LogP) is 0.192. The summed E-state index contributed by atoms with van der Waals surface area (Å²) in [7, 11) is 1.99. The Balaban J connectivity index is 1.73. The molecule has 102 valence electrons. The van der Waals surface area contributed by atoms with Gasteiger partial charge in [-0.05, 0) is 32.5 Å². The van der Waals surface area contributed by atoms with Crippen LogP contribution in [0.1, 0.15) is 12.1 Å². The highest BCUT2D eigenvalue weighted by Gasteiger charge is 2.22. The maximum Gasteiger partial charge on any atom is 0.275 e. The molecule has 6 nitrogen and oxygen atoms in total. The van der Waals surface area contributed by atoms with Crippen LogP contribution in [-0.4, -0.2) is 46.2 Å². The number of hydrogen-bond acceptors (Lipinski definition) is 6. The van der Waals surface area contributed by atoms with E-state index in [0.29, 0.717) is 10.9 Å². The number of likely N-dealkylation sites (tertiary alicyclic amines) is 1. The highest BCUT2D eigenvalue weighted by atomic mass is 32.1. The molecule has 1 saturated heterocycles. The Morgan fingerprint density at radius 1 is 1.58 bits per heavy atom. The molecule has 3 heterocycles. The molecule has 0 aliphatic carbocycles. The van der Waals surface area contributed by atoms with Gasteiger partial charge < -0.3 is 5.32 Å². The van der Waals surface area contributed by atoms with Gasteiger partial charge in [0.1, 0.15) is 5.51 Å². The monoisotopic (exact) mass is 279 g/mol. The van der Waals surface area contributed by atoms with Crippen molar-refractivity contribution in [1.82, 2.24) is 24.8 Å². The van der Waals surface area contributed by atoms with Crippen LogP contribution in [0, 0.1) is 5.92 Å². The fourth-order valence-corrected chi connectivity index (χ4v) is 3.27. The van der Waals surface area contributed by atoms with Crippen molar-refractivity contribution in [2.24, 2.45) is 5.92 Å². The van der Waals surface area contributed by atoms with Crippen molar-refractivity contribution < 1.29 is 0 Å². The smallest absolute Gasteiger partial charge is 0.275 e.